The SMILES string of the molecule is CC/C=C\CC(O)C#C/C=C/C=C/C(O)C/C=C\C/C=C\CCCCCCCCCCCCCCC(=O)O. The van der Waals surface area contributed by atoms with Gasteiger partial charge in [-0.1, -0.05) is 138 Å². The molecule has 0 bridgehead atoms. The molecule has 0 aromatic rings. The van der Waals surface area contributed by atoms with Gasteiger partial charge in [-0.15, -0.1) is 0 Å². The predicted octanol–water partition coefficient (Wildman–Crippen LogP) is 8.62. The highest BCUT2D eigenvalue weighted by atomic mass is 16.4. The Hall–Kier alpha value is -2.35. The van der Waals surface area contributed by atoms with Gasteiger partial charge in [0.05, 0.1) is 6.10 Å². The summed E-state index contributed by atoms with van der Waals surface area (Å²) >= 11 is 0. The number of hydrogen-bond acceptors (Lipinski definition) is 3. The van der Waals surface area contributed by atoms with Gasteiger partial charge in [0, 0.05) is 12.8 Å². The molecule has 0 aliphatic carbocycles. The lowest BCUT2D eigenvalue weighted by atomic mass is 10.0. The minimum Gasteiger partial charge on any atom is -0.481 e. The molecule has 0 aromatic heterocycles. The highest BCUT2D eigenvalue weighted by molar-refractivity contribution is 5.66. The number of aliphatic hydroxyl groups excluding tert-OH is 2. The van der Waals surface area contributed by atoms with Crippen LogP contribution < -0.4 is 0 Å². The van der Waals surface area contributed by atoms with E-state index in [1.165, 1.54) is 64.2 Å². The van der Waals surface area contributed by atoms with Crippen molar-refractivity contribution < 1.29 is 20.1 Å². The summed E-state index contributed by atoms with van der Waals surface area (Å²) in [7, 11) is 0. The average molecular weight is 527 g/mol. The van der Waals surface area contributed by atoms with Crippen molar-refractivity contribution in [2.45, 2.75) is 135 Å². The van der Waals surface area contributed by atoms with Crippen molar-refractivity contribution in [2.24, 2.45) is 0 Å². The molecular weight excluding hydrogens is 472 g/mol. The second kappa shape index (κ2) is 29.2. The van der Waals surface area contributed by atoms with Crippen LogP contribution in [-0.2, 0) is 4.79 Å². The zero-order chi connectivity index (χ0) is 27.9. The lowest BCUT2D eigenvalue weighted by Gasteiger charge is -2.02. The monoisotopic (exact) mass is 526 g/mol. The van der Waals surface area contributed by atoms with Gasteiger partial charge >= 0.3 is 5.97 Å². The fourth-order valence-electron chi connectivity index (χ4n) is 3.90. The summed E-state index contributed by atoms with van der Waals surface area (Å²) in [6.45, 7) is 2.06. The first-order chi connectivity index (χ1) is 18.6. The van der Waals surface area contributed by atoms with Gasteiger partial charge < -0.3 is 15.3 Å². The van der Waals surface area contributed by atoms with Gasteiger partial charge in [0.2, 0.25) is 0 Å². The van der Waals surface area contributed by atoms with Crippen molar-refractivity contribution in [3.8, 4) is 11.8 Å². The fourth-order valence-corrected chi connectivity index (χ4v) is 3.90. The number of allylic oxidation sites excluding steroid dienone is 7. The van der Waals surface area contributed by atoms with Crippen LogP contribution in [0, 0.1) is 11.8 Å². The Labute approximate surface area is 233 Å². The average Bonchev–Trinajstić information content (AvgIpc) is 2.89. The summed E-state index contributed by atoms with van der Waals surface area (Å²) < 4.78 is 0. The van der Waals surface area contributed by atoms with Crippen LogP contribution in [0.2, 0.25) is 0 Å². The van der Waals surface area contributed by atoms with E-state index in [1.54, 1.807) is 24.3 Å². The Morgan fingerprint density at radius 3 is 1.92 bits per heavy atom. The number of rotatable bonds is 24. The third-order valence-corrected chi connectivity index (χ3v) is 6.13. The number of carboxylic acid groups (broad SMARTS) is 1. The molecule has 0 aliphatic heterocycles. The molecule has 2 unspecified atom stereocenters. The third-order valence-electron chi connectivity index (χ3n) is 6.13. The fraction of sp³-hybridized carbons (Fsp3) is 0.618. The molecule has 2 atom stereocenters. The molecule has 4 nitrogen and oxygen atoms in total. The molecular formula is C34H54O4. The standard InChI is InChI=1S/C34H54O4/c1-2-3-22-27-32(35)29-24-20-21-25-30-33(36)28-23-18-16-14-12-10-8-6-4-5-7-9-11-13-15-17-19-26-31-34(37)38/h3,12,14,18,20-23,25,30,32-33,35-36H,2,4-11,13,15-17,19,26-28,31H2,1H3,(H,37,38)/b14-12-,21-20+,22-3-,23-18-,30-25+. The molecule has 0 amide bonds. The molecule has 0 aromatic carbocycles. The lowest BCUT2D eigenvalue weighted by molar-refractivity contribution is -0.137. The summed E-state index contributed by atoms with van der Waals surface area (Å²) in [5.41, 5.74) is 0. The van der Waals surface area contributed by atoms with Crippen molar-refractivity contribution in [1.29, 1.82) is 0 Å². The summed E-state index contributed by atoms with van der Waals surface area (Å²) in [5.74, 6) is 4.90. The number of aliphatic carboxylic acids is 1. The van der Waals surface area contributed by atoms with Crippen LogP contribution >= 0.6 is 0 Å². The van der Waals surface area contributed by atoms with E-state index in [2.05, 4.69) is 37.0 Å². The second-order valence-corrected chi connectivity index (χ2v) is 9.82. The van der Waals surface area contributed by atoms with Gasteiger partial charge in [0.15, 0.2) is 0 Å². The molecule has 0 saturated carbocycles. The van der Waals surface area contributed by atoms with Crippen LogP contribution in [0.15, 0.2) is 60.8 Å². The first kappa shape index (κ1) is 35.6. The van der Waals surface area contributed by atoms with Crippen molar-refractivity contribution in [2.75, 3.05) is 0 Å². The Morgan fingerprint density at radius 2 is 1.29 bits per heavy atom. The van der Waals surface area contributed by atoms with Crippen LogP contribution in [0.1, 0.15) is 122 Å². The molecule has 0 rings (SSSR count). The molecule has 0 saturated heterocycles. The van der Waals surface area contributed by atoms with Gasteiger partial charge in [0.1, 0.15) is 6.10 Å². The van der Waals surface area contributed by atoms with Crippen LogP contribution in [-0.4, -0.2) is 33.5 Å². The number of unbranched alkanes of at least 4 members (excludes halogenated alkanes) is 12. The second-order valence-electron chi connectivity index (χ2n) is 9.82. The van der Waals surface area contributed by atoms with E-state index in [1.807, 2.05) is 18.2 Å². The summed E-state index contributed by atoms with van der Waals surface area (Å²) in [4.78, 5) is 10.5. The number of carbonyl (C=O) groups is 1. The lowest BCUT2D eigenvalue weighted by Crippen LogP contribution is -1.99. The minimum absolute atomic E-state index is 0.318. The van der Waals surface area contributed by atoms with Crippen LogP contribution in [0.3, 0.4) is 0 Å². The normalized spacial score (nSPS) is 13.8. The van der Waals surface area contributed by atoms with Crippen molar-refractivity contribution >= 4 is 5.97 Å². The Balaban J connectivity index is 3.55. The maximum Gasteiger partial charge on any atom is 0.303 e. The van der Waals surface area contributed by atoms with Gasteiger partial charge in [0.25, 0.3) is 0 Å². The van der Waals surface area contributed by atoms with E-state index in [9.17, 15) is 15.0 Å². The molecule has 4 heteroatoms. The molecule has 0 fully saturated rings. The number of aliphatic hydroxyl groups is 2. The molecule has 3 N–H and O–H groups in total. The molecule has 0 aliphatic rings. The van der Waals surface area contributed by atoms with E-state index in [4.69, 9.17) is 5.11 Å². The van der Waals surface area contributed by atoms with Crippen molar-refractivity contribution in [3.05, 3.63) is 60.8 Å². The highest BCUT2D eigenvalue weighted by Crippen LogP contribution is 2.13. The largest absolute Gasteiger partial charge is 0.481 e. The quantitative estimate of drug-likeness (QED) is 0.0509. The smallest absolute Gasteiger partial charge is 0.303 e. The minimum atomic E-state index is -0.674. The zero-order valence-electron chi connectivity index (χ0n) is 23.9. The topological polar surface area (TPSA) is 77.8 Å². The Bertz CT molecular complexity index is 748. The van der Waals surface area contributed by atoms with Crippen LogP contribution in [0.5, 0.6) is 0 Å². The summed E-state index contributed by atoms with van der Waals surface area (Å²) in [6, 6.07) is 0. The van der Waals surface area contributed by atoms with Gasteiger partial charge in [-0.3, -0.25) is 4.79 Å². The van der Waals surface area contributed by atoms with Crippen molar-refractivity contribution in [3.63, 3.8) is 0 Å². The molecule has 214 valence electrons. The van der Waals surface area contributed by atoms with Gasteiger partial charge in [-0.05, 0) is 44.6 Å². The Kier molecular flexibility index (Phi) is 27.4. The van der Waals surface area contributed by atoms with E-state index in [0.717, 1.165) is 32.1 Å². The maximum atomic E-state index is 10.5. The molecule has 0 heterocycles. The van der Waals surface area contributed by atoms with Gasteiger partial charge in [-0.25, -0.2) is 0 Å². The number of hydrogen-bond donors (Lipinski definition) is 3. The molecule has 0 radical (unpaired) electrons. The van der Waals surface area contributed by atoms with E-state index in [-0.39, 0.29) is 0 Å². The predicted molar refractivity (Wildman–Crippen MR) is 162 cm³/mol. The summed E-state index contributed by atoms with van der Waals surface area (Å²) in [6.07, 6.45) is 37.7. The summed E-state index contributed by atoms with van der Waals surface area (Å²) in [5, 5.41) is 28.3. The van der Waals surface area contributed by atoms with E-state index >= 15 is 0 Å². The zero-order valence-corrected chi connectivity index (χ0v) is 23.9. The molecule has 38 heavy (non-hydrogen) atoms. The first-order valence-corrected chi connectivity index (χ1v) is 14.9. The highest BCUT2D eigenvalue weighted by Gasteiger charge is 1.97. The van der Waals surface area contributed by atoms with E-state index < -0.39 is 18.2 Å². The molecule has 0 spiro atoms. The van der Waals surface area contributed by atoms with Crippen LogP contribution in [0.25, 0.3) is 0 Å². The Morgan fingerprint density at radius 1 is 0.711 bits per heavy atom. The van der Waals surface area contributed by atoms with Crippen LogP contribution in [0.4, 0.5) is 0 Å². The number of carboxylic acids is 1. The first-order valence-electron chi connectivity index (χ1n) is 14.9. The van der Waals surface area contributed by atoms with Gasteiger partial charge in [-0.2, -0.15) is 0 Å². The van der Waals surface area contributed by atoms with Crippen molar-refractivity contribution in [1.82, 2.24) is 0 Å². The maximum absolute atomic E-state index is 10.5. The van der Waals surface area contributed by atoms with E-state index in [0.29, 0.717) is 19.3 Å². The third kappa shape index (κ3) is 29.9.